The average molecular weight is 285 g/mol. The Morgan fingerprint density at radius 2 is 1.68 bits per heavy atom. The van der Waals surface area contributed by atoms with E-state index in [1.807, 2.05) is 0 Å². The monoisotopic (exact) mass is 284 g/mol. The van der Waals surface area contributed by atoms with Crippen molar-refractivity contribution in [2.75, 3.05) is 0 Å². The van der Waals surface area contributed by atoms with E-state index < -0.39 is 12.7 Å². The first-order chi connectivity index (χ1) is 9.06. The van der Waals surface area contributed by atoms with Crippen LogP contribution >= 0.6 is 11.6 Å². The molecular formula is C14H11ClF2O2. The number of halogens is 3. The van der Waals surface area contributed by atoms with Crippen molar-refractivity contribution in [3.05, 3.63) is 64.7 Å². The molecule has 2 rings (SSSR count). The SMILES string of the molecule is OC(c1ccc(Cl)cc1)c1cccc(OC(F)F)c1. The van der Waals surface area contributed by atoms with Gasteiger partial charge in [0.1, 0.15) is 11.9 Å². The van der Waals surface area contributed by atoms with Gasteiger partial charge >= 0.3 is 6.61 Å². The molecule has 0 fully saturated rings. The minimum absolute atomic E-state index is 0.0144. The van der Waals surface area contributed by atoms with Crippen molar-refractivity contribution in [2.24, 2.45) is 0 Å². The van der Waals surface area contributed by atoms with Gasteiger partial charge in [-0.15, -0.1) is 0 Å². The topological polar surface area (TPSA) is 29.5 Å². The maximum atomic E-state index is 12.1. The second-order valence-electron chi connectivity index (χ2n) is 3.91. The molecule has 100 valence electrons. The highest BCUT2D eigenvalue weighted by Gasteiger charge is 2.12. The van der Waals surface area contributed by atoms with E-state index >= 15 is 0 Å². The molecule has 0 aliphatic heterocycles. The lowest BCUT2D eigenvalue weighted by Gasteiger charge is -2.13. The van der Waals surface area contributed by atoms with E-state index in [-0.39, 0.29) is 5.75 Å². The van der Waals surface area contributed by atoms with Crippen molar-refractivity contribution < 1.29 is 18.6 Å². The summed E-state index contributed by atoms with van der Waals surface area (Å²) in [6, 6.07) is 12.6. The highest BCUT2D eigenvalue weighted by atomic mass is 35.5. The van der Waals surface area contributed by atoms with Crippen LogP contribution in [0.1, 0.15) is 17.2 Å². The summed E-state index contributed by atoms with van der Waals surface area (Å²) < 4.78 is 28.5. The number of rotatable bonds is 4. The summed E-state index contributed by atoms with van der Waals surface area (Å²) in [5.74, 6) is 0.0144. The molecule has 0 bridgehead atoms. The minimum atomic E-state index is -2.89. The predicted octanol–water partition coefficient (Wildman–Crippen LogP) is 4.02. The van der Waals surface area contributed by atoms with Crippen LogP contribution in [0.15, 0.2) is 48.5 Å². The number of hydrogen-bond donors (Lipinski definition) is 1. The Labute approximate surface area is 114 Å². The first-order valence-corrected chi connectivity index (χ1v) is 5.92. The standard InChI is InChI=1S/C14H11ClF2O2/c15-11-6-4-9(5-7-11)13(18)10-2-1-3-12(8-10)19-14(16)17/h1-8,13-14,18H. The van der Waals surface area contributed by atoms with Crippen molar-refractivity contribution in [1.29, 1.82) is 0 Å². The average Bonchev–Trinajstić information content (AvgIpc) is 2.38. The number of alkyl halides is 2. The van der Waals surface area contributed by atoms with Crippen LogP contribution in [0.2, 0.25) is 5.02 Å². The van der Waals surface area contributed by atoms with Gasteiger partial charge in [0.25, 0.3) is 0 Å². The van der Waals surface area contributed by atoms with E-state index in [2.05, 4.69) is 4.74 Å². The predicted molar refractivity (Wildman–Crippen MR) is 68.6 cm³/mol. The molecule has 0 aliphatic rings. The Balaban J connectivity index is 2.23. The molecule has 19 heavy (non-hydrogen) atoms. The fraction of sp³-hybridized carbons (Fsp3) is 0.143. The molecule has 2 aromatic rings. The lowest BCUT2D eigenvalue weighted by Crippen LogP contribution is -2.04. The van der Waals surface area contributed by atoms with Crippen molar-refractivity contribution in [3.63, 3.8) is 0 Å². The van der Waals surface area contributed by atoms with Crippen LogP contribution in [0.25, 0.3) is 0 Å². The van der Waals surface area contributed by atoms with Crippen LogP contribution in [0.4, 0.5) is 8.78 Å². The summed E-state index contributed by atoms with van der Waals surface area (Å²) >= 11 is 5.76. The molecule has 0 saturated heterocycles. The maximum absolute atomic E-state index is 12.1. The summed E-state index contributed by atoms with van der Waals surface area (Å²) in [5, 5.41) is 10.7. The van der Waals surface area contributed by atoms with Crippen LogP contribution in [0.5, 0.6) is 5.75 Å². The molecule has 0 radical (unpaired) electrons. The molecule has 5 heteroatoms. The van der Waals surface area contributed by atoms with Gasteiger partial charge in [0, 0.05) is 5.02 Å². The van der Waals surface area contributed by atoms with Crippen LogP contribution < -0.4 is 4.74 Å². The molecule has 0 saturated carbocycles. The van der Waals surface area contributed by atoms with Gasteiger partial charge in [-0.05, 0) is 35.4 Å². The van der Waals surface area contributed by atoms with E-state index in [9.17, 15) is 13.9 Å². The largest absolute Gasteiger partial charge is 0.435 e. The van der Waals surface area contributed by atoms with Crippen molar-refractivity contribution in [3.8, 4) is 5.75 Å². The Hall–Kier alpha value is -1.65. The Morgan fingerprint density at radius 3 is 2.32 bits per heavy atom. The molecule has 0 heterocycles. The highest BCUT2D eigenvalue weighted by Crippen LogP contribution is 2.26. The van der Waals surface area contributed by atoms with Crippen LogP contribution in [-0.2, 0) is 0 Å². The summed E-state index contributed by atoms with van der Waals surface area (Å²) in [5.41, 5.74) is 1.10. The third-order valence-electron chi connectivity index (χ3n) is 2.58. The molecular weight excluding hydrogens is 274 g/mol. The summed E-state index contributed by atoms with van der Waals surface area (Å²) in [6.45, 7) is -2.89. The summed E-state index contributed by atoms with van der Waals surface area (Å²) in [4.78, 5) is 0. The summed E-state index contributed by atoms with van der Waals surface area (Å²) in [6.07, 6.45) is -0.918. The molecule has 1 unspecified atom stereocenters. The molecule has 2 aromatic carbocycles. The zero-order valence-electron chi connectivity index (χ0n) is 9.76. The molecule has 0 aromatic heterocycles. The van der Waals surface area contributed by atoms with Gasteiger partial charge in [-0.1, -0.05) is 35.9 Å². The lowest BCUT2D eigenvalue weighted by atomic mass is 10.0. The number of hydrogen-bond acceptors (Lipinski definition) is 2. The third kappa shape index (κ3) is 3.66. The fourth-order valence-corrected chi connectivity index (χ4v) is 1.82. The van der Waals surface area contributed by atoms with Gasteiger partial charge in [0.15, 0.2) is 0 Å². The number of benzene rings is 2. The zero-order valence-corrected chi connectivity index (χ0v) is 10.5. The molecule has 0 aliphatic carbocycles. The normalized spacial score (nSPS) is 12.5. The van der Waals surface area contributed by atoms with E-state index in [0.29, 0.717) is 16.1 Å². The van der Waals surface area contributed by atoms with E-state index in [1.165, 1.54) is 12.1 Å². The van der Waals surface area contributed by atoms with Crippen molar-refractivity contribution >= 4 is 11.6 Å². The van der Waals surface area contributed by atoms with Crippen molar-refractivity contribution in [1.82, 2.24) is 0 Å². The third-order valence-corrected chi connectivity index (χ3v) is 2.84. The maximum Gasteiger partial charge on any atom is 0.387 e. The Bertz CT molecular complexity index is 543. The fourth-order valence-electron chi connectivity index (χ4n) is 1.70. The molecule has 1 N–H and O–H groups in total. The van der Waals surface area contributed by atoms with Crippen molar-refractivity contribution in [2.45, 2.75) is 12.7 Å². The summed E-state index contributed by atoms with van der Waals surface area (Å²) in [7, 11) is 0. The molecule has 2 nitrogen and oxygen atoms in total. The van der Waals surface area contributed by atoms with Gasteiger partial charge in [0.05, 0.1) is 0 Å². The second-order valence-corrected chi connectivity index (χ2v) is 4.34. The van der Waals surface area contributed by atoms with Gasteiger partial charge < -0.3 is 9.84 Å². The Morgan fingerprint density at radius 1 is 1.00 bits per heavy atom. The zero-order chi connectivity index (χ0) is 13.8. The second kappa shape index (κ2) is 5.99. The first-order valence-electron chi connectivity index (χ1n) is 5.54. The van der Waals surface area contributed by atoms with Crippen LogP contribution in [-0.4, -0.2) is 11.7 Å². The molecule has 0 amide bonds. The van der Waals surface area contributed by atoms with E-state index in [4.69, 9.17) is 11.6 Å². The minimum Gasteiger partial charge on any atom is -0.435 e. The van der Waals surface area contributed by atoms with Crippen LogP contribution in [0, 0.1) is 0 Å². The van der Waals surface area contributed by atoms with E-state index in [0.717, 1.165) is 0 Å². The van der Waals surface area contributed by atoms with Gasteiger partial charge in [-0.25, -0.2) is 0 Å². The highest BCUT2D eigenvalue weighted by molar-refractivity contribution is 6.30. The van der Waals surface area contributed by atoms with E-state index in [1.54, 1.807) is 36.4 Å². The lowest BCUT2D eigenvalue weighted by molar-refractivity contribution is -0.0499. The Kier molecular flexibility index (Phi) is 4.35. The number of aliphatic hydroxyl groups is 1. The van der Waals surface area contributed by atoms with Gasteiger partial charge in [-0.2, -0.15) is 8.78 Å². The van der Waals surface area contributed by atoms with Gasteiger partial charge in [-0.3, -0.25) is 0 Å². The number of ether oxygens (including phenoxy) is 1. The quantitative estimate of drug-likeness (QED) is 0.919. The van der Waals surface area contributed by atoms with Gasteiger partial charge in [0.2, 0.25) is 0 Å². The van der Waals surface area contributed by atoms with Crippen LogP contribution in [0.3, 0.4) is 0 Å². The first kappa shape index (κ1) is 13.8. The number of aliphatic hydroxyl groups excluding tert-OH is 1. The molecule has 0 spiro atoms. The smallest absolute Gasteiger partial charge is 0.387 e. The molecule has 1 atom stereocenters.